The van der Waals surface area contributed by atoms with Crippen LogP contribution < -0.4 is 10.6 Å². The highest BCUT2D eigenvalue weighted by atomic mass is 16.7. The van der Waals surface area contributed by atoms with Crippen molar-refractivity contribution in [1.82, 2.24) is 10.6 Å². The van der Waals surface area contributed by atoms with E-state index in [1.165, 1.54) is 13.0 Å². The van der Waals surface area contributed by atoms with Crippen LogP contribution in [0.4, 0.5) is 0 Å². The van der Waals surface area contributed by atoms with Gasteiger partial charge >= 0.3 is 0 Å². The van der Waals surface area contributed by atoms with Gasteiger partial charge in [-0.2, -0.15) is 0 Å². The third-order valence-corrected chi connectivity index (χ3v) is 4.92. The highest BCUT2D eigenvalue weighted by Crippen LogP contribution is 2.30. The van der Waals surface area contributed by atoms with Crippen LogP contribution in [0.3, 0.4) is 0 Å². The lowest BCUT2D eigenvalue weighted by Crippen LogP contribution is -2.67. The van der Waals surface area contributed by atoms with Crippen molar-refractivity contribution >= 4 is 5.91 Å². The van der Waals surface area contributed by atoms with Crippen molar-refractivity contribution in [2.75, 3.05) is 13.2 Å². The summed E-state index contributed by atoms with van der Waals surface area (Å²) >= 11 is 0. The maximum atomic E-state index is 11.4. The summed E-state index contributed by atoms with van der Waals surface area (Å²) < 4.78 is 11.1. The standard InChI is InChI=1S/C15H24N2O8/c1-5(19)16-10-13(22)9(8-4-24-15(10)25-8)17-7-2-6(3-18)11(20)14(23)12(7)21/h2,7-15,17-18,20-23H,3-4H2,1H3,(H,16,19)/t7-,8+,9+,10+,11+,12-,13-,14-,15+/m0/s1. The SMILES string of the molecule is CC(=O)N[C@H]1[C@@H]2OC[C@@H](O2)[C@@H](N[C@H]2C=C(CO)[C@@H](O)[C@H](O)[C@H]2O)[C@@H]1O. The molecule has 1 aliphatic carbocycles. The molecular formula is C15H24N2O8. The average Bonchev–Trinajstić information content (AvgIpc) is 3.01. The highest BCUT2D eigenvalue weighted by Gasteiger charge is 2.51. The maximum Gasteiger partial charge on any atom is 0.217 e. The molecule has 2 saturated heterocycles. The van der Waals surface area contributed by atoms with Gasteiger partial charge in [-0.1, -0.05) is 6.08 Å². The molecule has 142 valence electrons. The maximum absolute atomic E-state index is 11.4. The van der Waals surface area contributed by atoms with Gasteiger partial charge in [0.25, 0.3) is 0 Å². The molecule has 2 aliphatic heterocycles. The van der Waals surface area contributed by atoms with E-state index in [1.807, 2.05) is 0 Å². The Bertz CT molecular complexity index is 544. The van der Waals surface area contributed by atoms with Crippen LogP contribution in [0.25, 0.3) is 0 Å². The molecule has 0 aromatic carbocycles. The largest absolute Gasteiger partial charge is 0.392 e. The molecule has 1 amide bonds. The summed E-state index contributed by atoms with van der Waals surface area (Å²) in [6.07, 6.45) is -5.10. The lowest BCUT2D eigenvalue weighted by molar-refractivity contribution is -0.161. The third-order valence-electron chi connectivity index (χ3n) is 4.92. The predicted octanol–water partition coefficient (Wildman–Crippen LogP) is -4.05. The van der Waals surface area contributed by atoms with Gasteiger partial charge in [0.05, 0.1) is 31.4 Å². The van der Waals surface area contributed by atoms with Gasteiger partial charge in [-0.05, 0) is 5.57 Å². The molecule has 2 heterocycles. The van der Waals surface area contributed by atoms with Gasteiger partial charge in [0.1, 0.15) is 30.5 Å². The molecule has 3 rings (SSSR count). The van der Waals surface area contributed by atoms with E-state index < -0.39 is 61.5 Å². The lowest BCUT2D eigenvalue weighted by atomic mass is 9.86. The molecule has 0 aromatic rings. The minimum absolute atomic E-state index is 0.167. The molecule has 10 heteroatoms. The zero-order chi connectivity index (χ0) is 18.3. The molecule has 2 fully saturated rings. The highest BCUT2D eigenvalue weighted by molar-refractivity contribution is 5.73. The summed E-state index contributed by atoms with van der Waals surface area (Å²) in [7, 11) is 0. The van der Waals surface area contributed by atoms with Crippen molar-refractivity contribution in [2.45, 2.75) is 61.9 Å². The van der Waals surface area contributed by atoms with Gasteiger partial charge < -0.3 is 45.6 Å². The van der Waals surface area contributed by atoms with Crippen LogP contribution in [-0.4, -0.2) is 99.6 Å². The Morgan fingerprint density at radius 1 is 1.20 bits per heavy atom. The fourth-order valence-corrected chi connectivity index (χ4v) is 3.58. The van der Waals surface area contributed by atoms with Crippen molar-refractivity contribution in [3.05, 3.63) is 11.6 Å². The molecule has 0 unspecified atom stereocenters. The molecule has 0 radical (unpaired) electrons. The normalized spacial score (nSPS) is 46.6. The van der Waals surface area contributed by atoms with Gasteiger partial charge in [-0.15, -0.1) is 0 Å². The molecule has 0 spiro atoms. The van der Waals surface area contributed by atoms with E-state index in [1.54, 1.807) is 0 Å². The Kier molecular flexibility index (Phi) is 5.42. The zero-order valence-electron chi connectivity index (χ0n) is 13.6. The second-order valence-electron chi connectivity index (χ2n) is 6.64. The van der Waals surface area contributed by atoms with E-state index in [4.69, 9.17) is 9.47 Å². The number of fused-ring (bicyclic) bond motifs is 2. The number of hydrogen-bond donors (Lipinski definition) is 7. The number of carbonyl (C=O) groups excluding carboxylic acids is 1. The molecular weight excluding hydrogens is 336 g/mol. The number of carbonyl (C=O) groups is 1. The van der Waals surface area contributed by atoms with Crippen LogP contribution >= 0.6 is 0 Å². The van der Waals surface area contributed by atoms with Crippen LogP contribution in [0.1, 0.15) is 6.92 Å². The second kappa shape index (κ2) is 7.25. The second-order valence-corrected chi connectivity index (χ2v) is 6.64. The van der Waals surface area contributed by atoms with Crippen molar-refractivity contribution < 1.29 is 39.8 Å². The molecule has 0 aromatic heterocycles. The van der Waals surface area contributed by atoms with Crippen LogP contribution in [-0.2, 0) is 14.3 Å². The fourth-order valence-electron chi connectivity index (χ4n) is 3.58. The number of rotatable bonds is 4. The summed E-state index contributed by atoms with van der Waals surface area (Å²) in [4.78, 5) is 11.4. The summed E-state index contributed by atoms with van der Waals surface area (Å²) in [5, 5.41) is 55.5. The third kappa shape index (κ3) is 3.44. The molecule has 9 atom stereocenters. The number of aliphatic hydroxyl groups excluding tert-OH is 5. The molecule has 0 saturated carbocycles. The topological polar surface area (TPSA) is 161 Å². The number of ether oxygens (including phenoxy) is 2. The number of nitrogens with one attached hydrogen (secondary N) is 2. The van der Waals surface area contributed by atoms with Crippen LogP contribution in [0, 0.1) is 0 Å². The Morgan fingerprint density at radius 2 is 1.92 bits per heavy atom. The molecule has 25 heavy (non-hydrogen) atoms. The van der Waals surface area contributed by atoms with E-state index in [9.17, 15) is 30.3 Å². The summed E-state index contributed by atoms with van der Waals surface area (Å²) in [6, 6.07) is -2.32. The summed E-state index contributed by atoms with van der Waals surface area (Å²) in [6.45, 7) is 1.03. The number of hydrogen-bond acceptors (Lipinski definition) is 9. The Labute approximate surface area is 144 Å². The van der Waals surface area contributed by atoms with E-state index in [2.05, 4.69) is 10.6 Å². The molecule has 10 nitrogen and oxygen atoms in total. The monoisotopic (exact) mass is 360 g/mol. The van der Waals surface area contributed by atoms with Gasteiger partial charge in [-0.3, -0.25) is 4.79 Å². The van der Waals surface area contributed by atoms with Crippen molar-refractivity contribution in [3.8, 4) is 0 Å². The zero-order valence-corrected chi connectivity index (χ0v) is 13.6. The minimum atomic E-state index is -1.48. The minimum Gasteiger partial charge on any atom is -0.392 e. The number of amides is 1. The Hall–Kier alpha value is -1.11. The first kappa shape index (κ1) is 18.7. The first-order valence-corrected chi connectivity index (χ1v) is 8.17. The first-order chi connectivity index (χ1) is 11.8. The van der Waals surface area contributed by atoms with E-state index in [0.29, 0.717) is 0 Å². The van der Waals surface area contributed by atoms with Gasteiger partial charge in [0.2, 0.25) is 5.91 Å². The Balaban J connectivity index is 1.78. The molecule has 2 bridgehead atoms. The molecule has 3 aliphatic rings. The van der Waals surface area contributed by atoms with Crippen LogP contribution in [0.15, 0.2) is 11.6 Å². The predicted molar refractivity (Wildman–Crippen MR) is 82.1 cm³/mol. The van der Waals surface area contributed by atoms with E-state index in [-0.39, 0.29) is 18.1 Å². The van der Waals surface area contributed by atoms with Gasteiger partial charge in [0, 0.05) is 6.92 Å². The van der Waals surface area contributed by atoms with Crippen molar-refractivity contribution in [1.29, 1.82) is 0 Å². The summed E-state index contributed by atoms with van der Waals surface area (Å²) in [5.41, 5.74) is 0.167. The van der Waals surface area contributed by atoms with Crippen LogP contribution in [0.2, 0.25) is 0 Å². The molecule has 7 N–H and O–H groups in total. The smallest absolute Gasteiger partial charge is 0.217 e. The average molecular weight is 360 g/mol. The van der Waals surface area contributed by atoms with E-state index in [0.717, 1.165) is 0 Å². The van der Waals surface area contributed by atoms with Gasteiger partial charge in [-0.25, -0.2) is 0 Å². The number of aliphatic hydroxyl groups is 5. The van der Waals surface area contributed by atoms with Crippen molar-refractivity contribution in [2.24, 2.45) is 0 Å². The van der Waals surface area contributed by atoms with Gasteiger partial charge in [0.15, 0.2) is 6.29 Å². The Morgan fingerprint density at radius 3 is 2.56 bits per heavy atom. The quantitative estimate of drug-likeness (QED) is 0.247. The summed E-state index contributed by atoms with van der Waals surface area (Å²) in [5.74, 6) is -0.348. The van der Waals surface area contributed by atoms with Crippen molar-refractivity contribution in [3.63, 3.8) is 0 Å². The van der Waals surface area contributed by atoms with Crippen LogP contribution in [0.5, 0.6) is 0 Å². The first-order valence-electron chi connectivity index (χ1n) is 8.17. The fraction of sp³-hybridized carbons (Fsp3) is 0.800. The lowest BCUT2D eigenvalue weighted by Gasteiger charge is -2.42. The van der Waals surface area contributed by atoms with E-state index >= 15 is 0 Å².